The van der Waals surface area contributed by atoms with Crippen molar-refractivity contribution in [1.29, 1.82) is 0 Å². The van der Waals surface area contributed by atoms with Crippen LogP contribution < -0.4 is 5.32 Å². The minimum absolute atomic E-state index is 0.0265. The van der Waals surface area contributed by atoms with Gasteiger partial charge in [0.05, 0.1) is 10.7 Å². The van der Waals surface area contributed by atoms with Gasteiger partial charge in [0.25, 0.3) is 0 Å². The van der Waals surface area contributed by atoms with Crippen molar-refractivity contribution < 1.29 is 4.39 Å². The molecule has 0 heterocycles. The van der Waals surface area contributed by atoms with E-state index >= 15 is 0 Å². The fourth-order valence-electron chi connectivity index (χ4n) is 1.79. The number of nitrogens with one attached hydrogen (secondary N) is 1. The normalized spacial score (nSPS) is 12.2. The second-order valence-electron chi connectivity index (χ2n) is 4.38. The minimum Gasteiger partial charge on any atom is -0.376 e. The van der Waals surface area contributed by atoms with Crippen LogP contribution >= 0.6 is 11.6 Å². The average molecular weight is 264 g/mol. The summed E-state index contributed by atoms with van der Waals surface area (Å²) < 4.78 is 13.7. The van der Waals surface area contributed by atoms with Gasteiger partial charge >= 0.3 is 0 Å². The first-order valence-electron chi connectivity index (χ1n) is 5.85. The molecular weight excluding hydrogens is 249 g/mol. The summed E-state index contributed by atoms with van der Waals surface area (Å²) in [5.74, 6) is -0.405. The molecular formula is C15H15ClFN. The summed E-state index contributed by atoms with van der Waals surface area (Å²) >= 11 is 5.75. The maximum absolute atomic E-state index is 13.7. The molecule has 0 aliphatic carbocycles. The van der Waals surface area contributed by atoms with E-state index < -0.39 is 5.82 Å². The molecule has 0 saturated carbocycles. The van der Waals surface area contributed by atoms with Crippen molar-refractivity contribution >= 4 is 17.3 Å². The van der Waals surface area contributed by atoms with Crippen molar-refractivity contribution in [2.24, 2.45) is 0 Å². The van der Waals surface area contributed by atoms with Gasteiger partial charge in [0.2, 0.25) is 0 Å². The molecule has 0 aliphatic rings. The van der Waals surface area contributed by atoms with Crippen LogP contribution in [0.2, 0.25) is 5.02 Å². The van der Waals surface area contributed by atoms with Gasteiger partial charge < -0.3 is 5.32 Å². The third-order valence-corrected chi connectivity index (χ3v) is 3.19. The van der Waals surface area contributed by atoms with Crippen LogP contribution in [-0.2, 0) is 0 Å². The highest BCUT2D eigenvalue weighted by molar-refractivity contribution is 6.31. The fourth-order valence-corrected chi connectivity index (χ4v) is 1.96. The van der Waals surface area contributed by atoms with E-state index in [9.17, 15) is 4.39 Å². The molecule has 1 N–H and O–H groups in total. The van der Waals surface area contributed by atoms with E-state index in [1.807, 2.05) is 38.1 Å². The molecule has 0 aromatic heterocycles. The summed E-state index contributed by atoms with van der Waals surface area (Å²) in [6.45, 7) is 4.03. The van der Waals surface area contributed by atoms with Crippen molar-refractivity contribution in [1.82, 2.24) is 0 Å². The van der Waals surface area contributed by atoms with Crippen molar-refractivity contribution in [2.75, 3.05) is 5.32 Å². The molecule has 0 aliphatic heterocycles. The number of benzene rings is 2. The lowest BCUT2D eigenvalue weighted by molar-refractivity contribution is 0.628. The average Bonchev–Trinajstić information content (AvgIpc) is 2.36. The van der Waals surface area contributed by atoms with Gasteiger partial charge in [0.15, 0.2) is 5.82 Å². The van der Waals surface area contributed by atoms with Crippen molar-refractivity contribution in [2.45, 2.75) is 19.9 Å². The van der Waals surface area contributed by atoms with E-state index in [1.54, 1.807) is 18.2 Å². The summed E-state index contributed by atoms with van der Waals surface area (Å²) in [5.41, 5.74) is 2.75. The Hall–Kier alpha value is -1.54. The maximum Gasteiger partial charge on any atom is 0.164 e. The predicted octanol–water partition coefficient (Wildman–Crippen LogP) is 4.96. The molecule has 3 heteroatoms. The van der Waals surface area contributed by atoms with Crippen LogP contribution in [0.4, 0.5) is 10.1 Å². The van der Waals surface area contributed by atoms with Crippen LogP contribution in [0.1, 0.15) is 24.1 Å². The summed E-state index contributed by atoms with van der Waals surface area (Å²) in [4.78, 5) is 0. The van der Waals surface area contributed by atoms with Gasteiger partial charge in [-0.3, -0.25) is 0 Å². The maximum atomic E-state index is 13.7. The number of rotatable bonds is 3. The summed E-state index contributed by atoms with van der Waals surface area (Å²) in [7, 11) is 0. The van der Waals surface area contributed by atoms with Gasteiger partial charge in [-0.05, 0) is 31.5 Å². The summed E-state index contributed by atoms with van der Waals surface area (Å²) in [6.07, 6.45) is 0. The highest BCUT2D eigenvalue weighted by atomic mass is 35.5. The van der Waals surface area contributed by atoms with E-state index in [1.165, 1.54) is 5.56 Å². The molecule has 0 spiro atoms. The first kappa shape index (κ1) is 12.9. The summed E-state index contributed by atoms with van der Waals surface area (Å²) in [6, 6.07) is 13.1. The van der Waals surface area contributed by atoms with Gasteiger partial charge in [0, 0.05) is 6.04 Å². The highest BCUT2D eigenvalue weighted by Gasteiger charge is 2.10. The fraction of sp³-hybridized carbons (Fsp3) is 0.200. The summed E-state index contributed by atoms with van der Waals surface area (Å²) in [5, 5.41) is 3.26. The minimum atomic E-state index is -0.405. The smallest absolute Gasteiger partial charge is 0.164 e. The van der Waals surface area contributed by atoms with E-state index in [0.29, 0.717) is 5.69 Å². The largest absolute Gasteiger partial charge is 0.376 e. The zero-order valence-electron chi connectivity index (χ0n) is 10.4. The van der Waals surface area contributed by atoms with E-state index in [4.69, 9.17) is 11.6 Å². The van der Waals surface area contributed by atoms with Gasteiger partial charge in [-0.25, -0.2) is 4.39 Å². The van der Waals surface area contributed by atoms with Crippen LogP contribution in [0.5, 0.6) is 0 Å². The van der Waals surface area contributed by atoms with Gasteiger partial charge in [0.1, 0.15) is 0 Å². The Morgan fingerprint density at radius 3 is 2.44 bits per heavy atom. The van der Waals surface area contributed by atoms with Crippen molar-refractivity contribution in [3.05, 3.63) is 64.4 Å². The molecule has 18 heavy (non-hydrogen) atoms. The number of hydrogen-bond acceptors (Lipinski definition) is 1. The molecule has 94 valence electrons. The van der Waals surface area contributed by atoms with E-state index in [0.717, 1.165) is 5.56 Å². The molecule has 2 rings (SSSR count). The number of hydrogen-bond donors (Lipinski definition) is 1. The van der Waals surface area contributed by atoms with Crippen LogP contribution in [0, 0.1) is 12.7 Å². The number of halogens is 2. The Balaban J connectivity index is 2.18. The molecule has 0 bridgehead atoms. The van der Waals surface area contributed by atoms with Crippen LogP contribution in [0.25, 0.3) is 0 Å². The lowest BCUT2D eigenvalue weighted by atomic mass is 10.1. The lowest BCUT2D eigenvalue weighted by Crippen LogP contribution is -2.08. The standard InChI is InChI=1S/C15H15ClFN/c1-10-6-8-12(9-7-10)11(2)18-14-5-3-4-13(16)15(14)17/h3-9,11,18H,1-2H3. The lowest BCUT2D eigenvalue weighted by Gasteiger charge is -2.16. The Labute approximate surface area is 112 Å². The second kappa shape index (κ2) is 5.40. The third kappa shape index (κ3) is 2.82. The van der Waals surface area contributed by atoms with Gasteiger partial charge in [-0.2, -0.15) is 0 Å². The zero-order chi connectivity index (χ0) is 13.1. The Kier molecular flexibility index (Phi) is 3.87. The van der Waals surface area contributed by atoms with E-state index in [2.05, 4.69) is 5.32 Å². The molecule has 0 radical (unpaired) electrons. The second-order valence-corrected chi connectivity index (χ2v) is 4.79. The topological polar surface area (TPSA) is 12.0 Å². The Bertz CT molecular complexity index is 537. The monoisotopic (exact) mass is 263 g/mol. The number of anilines is 1. The first-order valence-corrected chi connectivity index (χ1v) is 6.23. The molecule has 1 unspecified atom stereocenters. The number of aryl methyl sites for hydroxylation is 1. The molecule has 2 aromatic rings. The molecule has 2 aromatic carbocycles. The van der Waals surface area contributed by atoms with Crippen LogP contribution in [-0.4, -0.2) is 0 Å². The third-order valence-electron chi connectivity index (χ3n) is 2.90. The quantitative estimate of drug-likeness (QED) is 0.825. The van der Waals surface area contributed by atoms with Crippen LogP contribution in [0.15, 0.2) is 42.5 Å². The SMILES string of the molecule is Cc1ccc(C(C)Nc2cccc(Cl)c2F)cc1. The van der Waals surface area contributed by atoms with Crippen molar-refractivity contribution in [3.8, 4) is 0 Å². The van der Waals surface area contributed by atoms with Crippen molar-refractivity contribution in [3.63, 3.8) is 0 Å². The Morgan fingerprint density at radius 1 is 1.11 bits per heavy atom. The van der Waals surface area contributed by atoms with Gasteiger partial charge in [-0.1, -0.05) is 47.5 Å². The van der Waals surface area contributed by atoms with E-state index in [-0.39, 0.29) is 11.1 Å². The predicted molar refractivity (Wildman–Crippen MR) is 74.6 cm³/mol. The molecule has 0 fully saturated rings. The highest BCUT2D eigenvalue weighted by Crippen LogP contribution is 2.26. The van der Waals surface area contributed by atoms with Crippen LogP contribution in [0.3, 0.4) is 0 Å². The van der Waals surface area contributed by atoms with Gasteiger partial charge in [-0.15, -0.1) is 0 Å². The molecule has 1 atom stereocenters. The molecule has 0 amide bonds. The zero-order valence-corrected chi connectivity index (χ0v) is 11.1. The molecule has 1 nitrogen and oxygen atoms in total. The molecule has 0 saturated heterocycles. The Morgan fingerprint density at radius 2 is 1.78 bits per heavy atom. The first-order chi connectivity index (χ1) is 8.58.